The summed E-state index contributed by atoms with van der Waals surface area (Å²) in [5.74, 6) is 0.800. The van der Waals surface area contributed by atoms with Crippen LogP contribution in [0.5, 0.6) is 5.75 Å². The van der Waals surface area contributed by atoms with Gasteiger partial charge in [0.1, 0.15) is 17.0 Å². The Morgan fingerprint density at radius 1 is 0.683 bits per heavy atom. The van der Waals surface area contributed by atoms with Crippen molar-refractivity contribution in [1.82, 2.24) is 19.9 Å². The molecule has 0 atom stereocenters. The molecule has 1 aliphatic rings. The van der Waals surface area contributed by atoms with E-state index in [0.717, 1.165) is 28.3 Å². The predicted octanol–water partition coefficient (Wildman–Crippen LogP) is 7.90. The first kappa shape index (κ1) is 25.0. The summed E-state index contributed by atoms with van der Waals surface area (Å²) in [6.07, 6.45) is 3.63. The third-order valence-electron chi connectivity index (χ3n) is 8.11. The number of H-pyrrole nitrogens is 1. The topological polar surface area (TPSA) is 74.7 Å². The molecule has 200 valence electrons. The zero-order chi connectivity index (χ0) is 28.2. The van der Waals surface area contributed by atoms with Crippen LogP contribution in [0.25, 0.3) is 33.9 Å². The normalized spacial score (nSPS) is 13.5. The summed E-state index contributed by atoms with van der Waals surface area (Å²) < 4.78 is 0. The number of hydrogen-bond donors (Lipinski definition) is 2. The number of nitrogens with one attached hydrogen (secondary N) is 1. The largest absolute Gasteiger partial charge is 0.507 e. The molecule has 0 saturated heterocycles. The van der Waals surface area contributed by atoms with E-state index in [9.17, 15) is 5.11 Å². The summed E-state index contributed by atoms with van der Waals surface area (Å²) in [6.45, 7) is 6.39. The van der Waals surface area contributed by atoms with Gasteiger partial charge < -0.3 is 10.1 Å². The van der Waals surface area contributed by atoms with Crippen LogP contribution < -0.4 is 0 Å². The van der Waals surface area contributed by atoms with Crippen LogP contribution in [-0.2, 0) is 10.8 Å². The van der Waals surface area contributed by atoms with Crippen LogP contribution in [0.1, 0.15) is 48.8 Å². The Hall–Kier alpha value is -5.03. The first-order valence-corrected chi connectivity index (χ1v) is 13.8. The predicted molar refractivity (Wildman–Crippen MR) is 163 cm³/mol. The fourth-order valence-electron chi connectivity index (χ4n) is 6.08. The zero-order valence-corrected chi connectivity index (χ0v) is 23.3. The number of rotatable bonds is 4. The summed E-state index contributed by atoms with van der Waals surface area (Å²) in [4.78, 5) is 18.2. The lowest BCUT2D eigenvalue weighted by Crippen LogP contribution is -2.31. The highest BCUT2D eigenvalue weighted by Crippen LogP contribution is 2.55. The van der Waals surface area contributed by atoms with E-state index >= 15 is 0 Å². The number of phenols is 1. The van der Waals surface area contributed by atoms with Crippen LogP contribution in [0.4, 0.5) is 0 Å². The van der Waals surface area contributed by atoms with Crippen LogP contribution in [0.15, 0.2) is 116 Å². The van der Waals surface area contributed by atoms with E-state index in [1.807, 2.05) is 48.7 Å². The lowest BCUT2D eigenvalue weighted by atomic mass is 9.72. The van der Waals surface area contributed by atoms with E-state index in [-0.39, 0.29) is 11.2 Å². The molecule has 5 nitrogen and oxygen atoms in total. The van der Waals surface area contributed by atoms with Gasteiger partial charge in [-0.1, -0.05) is 87.5 Å². The van der Waals surface area contributed by atoms with Crippen LogP contribution in [-0.4, -0.2) is 25.0 Å². The number of phenolic OH excluding ortho intramolecular Hbond substituents is 1. The molecule has 2 N–H and O–H groups in total. The van der Waals surface area contributed by atoms with Crippen molar-refractivity contribution in [2.45, 2.75) is 31.6 Å². The second-order valence-corrected chi connectivity index (χ2v) is 11.6. The summed E-state index contributed by atoms with van der Waals surface area (Å²) >= 11 is 0. The SMILES string of the molecule is CC(C)(C)c1ccc(-c2ncc(-c3cccc(C4(c5ccccn5)c5ccccc5-c5ccccc54)n3)[nH]2)c(O)c1. The van der Waals surface area contributed by atoms with Crippen LogP contribution in [0.2, 0.25) is 0 Å². The number of nitrogens with zero attached hydrogens (tertiary/aromatic N) is 3. The summed E-state index contributed by atoms with van der Waals surface area (Å²) in [6, 6.07) is 35.1. The molecule has 7 rings (SSSR count). The maximum Gasteiger partial charge on any atom is 0.141 e. The Morgan fingerprint density at radius 2 is 1.37 bits per heavy atom. The van der Waals surface area contributed by atoms with Gasteiger partial charge >= 0.3 is 0 Å². The first-order valence-electron chi connectivity index (χ1n) is 13.8. The van der Waals surface area contributed by atoms with Gasteiger partial charge in [-0.25, -0.2) is 9.97 Å². The fourth-order valence-corrected chi connectivity index (χ4v) is 6.08. The van der Waals surface area contributed by atoms with Crippen LogP contribution >= 0.6 is 0 Å². The standard InChI is InChI=1S/C36H30N4O/c1-35(2,3)23-18-19-26(31(41)21-23)34-38-22-30(40-34)29-15-10-17-33(39-29)36(32-16-8-9-20-37-32)27-13-6-4-11-24(27)25-12-5-7-14-28(25)36/h4-22,41H,1-3H3,(H,38,40). The number of fused-ring (bicyclic) bond motifs is 3. The molecule has 3 heterocycles. The van der Waals surface area contributed by atoms with E-state index < -0.39 is 5.41 Å². The molecule has 0 radical (unpaired) electrons. The Kier molecular flexibility index (Phi) is 5.65. The van der Waals surface area contributed by atoms with Crippen molar-refractivity contribution in [2.75, 3.05) is 0 Å². The molecule has 0 aliphatic heterocycles. The van der Waals surface area contributed by atoms with Gasteiger partial charge in [0.15, 0.2) is 0 Å². The number of aromatic amines is 1. The van der Waals surface area contributed by atoms with Gasteiger partial charge in [0.25, 0.3) is 0 Å². The van der Waals surface area contributed by atoms with Crippen molar-refractivity contribution in [1.29, 1.82) is 0 Å². The molecule has 3 aromatic heterocycles. The van der Waals surface area contributed by atoms with Crippen molar-refractivity contribution in [3.63, 3.8) is 0 Å². The average molecular weight is 535 g/mol. The van der Waals surface area contributed by atoms with E-state index in [1.54, 1.807) is 6.20 Å². The number of pyridine rings is 2. The Labute approximate surface area is 239 Å². The Balaban J connectivity index is 1.38. The molecule has 3 aromatic carbocycles. The van der Waals surface area contributed by atoms with Gasteiger partial charge in [-0.05, 0) is 69.6 Å². The first-order chi connectivity index (χ1) is 19.9. The zero-order valence-electron chi connectivity index (χ0n) is 23.3. The third kappa shape index (κ3) is 3.88. The third-order valence-corrected chi connectivity index (χ3v) is 8.11. The Bertz CT molecular complexity index is 1850. The summed E-state index contributed by atoms with van der Waals surface area (Å²) in [5.41, 5.74) is 9.07. The van der Waals surface area contributed by atoms with Crippen molar-refractivity contribution in [3.8, 4) is 39.7 Å². The highest BCUT2D eigenvalue weighted by atomic mass is 16.3. The smallest absolute Gasteiger partial charge is 0.141 e. The van der Waals surface area contributed by atoms with E-state index in [0.29, 0.717) is 11.4 Å². The van der Waals surface area contributed by atoms with E-state index in [2.05, 4.69) is 91.4 Å². The van der Waals surface area contributed by atoms with Crippen molar-refractivity contribution >= 4 is 0 Å². The Morgan fingerprint density at radius 3 is 2.02 bits per heavy atom. The molecule has 0 amide bonds. The fraction of sp³-hybridized carbons (Fsp3) is 0.139. The van der Waals surface area contributed by atoms with Crippen molar-refractivity contribution in [2.24, 2.45) is 0 Å². The van der Waals surface area contributed by atoms with Gasteiger partial charge in [-0.15, -0.1) is 0 Å². The van der Waals surface area contributed by atoms with E-state index in [4.69, 9.17) is 9.97 Å². The van der Waals surface area contributed by atoms with Gasteiger partial charge in [0, 0.05) is 6.20 Å². The molecule has 1 aliphatic carbocycles. The van der Waals surface area contributed by atoms with Crippen molar-refractivity contribution in [3.05, 3.63) is 144 Å². The summed E-state index contributed by atoms with van der Waals surface area (Å²) in [7, 11) is 0. The molecule has 0 fully saturated rings. The maximum atomic E-state index is 10.8. The quantitative estimate of drug-likeness (QED) is 0.241. The number of aromatic hydroxyl groups is 1. The monoisotopic (exact) mass is 534 g/mol. The molecule has 6 aromatic rings. The molecule has 5 heteroatoms. The highest BCUT2D eigenvalue weighted by molar-refractivity contribution is 5.85. The maximum absolute atomic E-state index is 10.8. The molecule has 0 bridgehead atoms. The van der Waals surface area contributed by atoms with Gasteiger partial charge in [0.05, 0.1) is 34.5 Å². The number of hydrogen-bond acceptors (Lipinski definition) is 4. The molecular formula is C36H30N4O. The second-order valence-electron chi connectivity index (χ2n) is 11.6. The number of aromatic nitrogens is 4. The average Bonchev–Trinajstić information content (AvgIpc) is 3.60. The lowest BCUT2D eigenvalue weighted by Gasteiger charge is -2.31. The highest BCUT2D eigenvalue weighted by Gasteiger charge is 2.48. The van der Waals surface area contributed by atoms with Gasteiger partial charge in [0.2, 0.25) is 0 Å². The van der Waals surface area contributed by atoms with Crippen LogP contribution in [0, 0.1) is 0 Å². The molecular weight excluding hydrogens is 504 g/mol. The minimum atomic E-state index is -0.672. The van der Waals surface area contributed by atoms with Gasteiger partial charge in [-0.2, -0.15) is 0 Å². The minimum Gasteiger partial charge on any atom is -0.507 e. The molecule has 0 spiro atoms. The van der Waals surface area contributed by atoms with Crippen LogP contribution in [0.3, 0.4) is 0 Å². The minimum absolute atomic E-state index is 0.0598. The molecule has 0 unspecified atom stereocenters. The summed E-state index contributed by atoms with van der Waals surface area (Å²) in [5, 5.41) is 10.8. The second kappa shape index (κ2) is 9.27. The number of benzene rings is 3. The van der Waals surface area contributed by atoms with Gasteiger partial charge in [-0.3, -0.25) is 4.98 Å². The lowest BCUT2D eigenvalue weighted by molar-refractivity contribution is 0.472. The number of imidazole rings is 1. The molecule has 41 heavy (non-hydrogen) atoms. The van der Waals surface area contributed by atoms with Crippen molar-refractivity contribution < 1.29 is 5.11 Å². The molecule has 0 saturated carbocycles. The van der Waals surface area contributed by atoms with E-state index in [1.165, 1.54) is 22.3 Å².